The zero-order valence-electron chi connectivity index (χ0n) is 19.5. The summed E-state index contributed by atoms with van der Waals surface area (Å²) in [6, 6.07) is 3.96. The summed E-state index contributed by atoms with van der Waals surface area (Å²) in [6.45, 7) is 5.98. The van der Waals surface area contributed by atoms with Crippen LogP contribution in [0.15, 0.2) is 0 Å². The van der Waals surface area contributed by atoms with E-state index in [-0.39, 0.29) is 12.5 Å². The van der Waals surface area contributed by atoms with Crippen molar-refractivity contribution in [2.75, 3.05) is 28.4 Å². The van der Waals surface area contributed by atoms with Crippen LogP contribution in [0.1, 0.15) is 46.5 Å². The molecule has 0 aliphatic rings. The maximum atomic E-state index is 12.4. The minimum Gasteiger partial charge on any atom is -0.475 e. The zero-order chi connectivity index (χ0) is 25.4. The highest BCUT2D eigenvalue weighted by molar-refractivity contribution is 8.25. The number of thioether (sulfide) groups is 1. The first-order chi connectivity index (χ1) is 14.9. The van der Waals surface area contributed by atoms with Crippen LogP contribution in [0, 0.1) is 28.6 Å². The van der Waals surface area contributed by atoms with Gasteiger partial charge in [0.2, 0.25) is 4.38 Å². The molecule has 9 nitrogen and oxygen atoms in total. The normalized spacial score (nSPS) is 14.3. The second-order valence-electron chi connectivity index (χ2n) is 6.57. The third-order valence-electron chi connectivity index (χ3n) is 4.21. The van der Waals surface area contributed by atoms with Gasteiger partial charge in [-0.1, -0.05) is 25.6 Å². The highest BCUT2D eigenvalue weighted by Gasteiger charge is 2.36. The van der Waals surface area contributed by atoms with Gasteiger partial charge in [-0.05, 0) is 37.9 Å². The molecule has 0 saturated carbocycles. The van der Waals surface area contributed by atoms with Crippen LogP contribution in [0.4, 0.5) is 0 Å². The fraction of sp³-hybridized carbons (Fsp3) is 0.833. The number of thiol groups is 1. The summed E-state index contributed by atoms with van der Waals surface area (Å²) in [5.41, 5.74) is 0. The molecule has 0 heterocycles. The Morgan fingerprint density at radius 1 is 0.938 bits per heavy atom. The quantitative estimate of drug-likeness (QED) is 0.160. The van der Waals surface area contributed by atoms with Gasteiger partial charge in [0, 0.05) is 41.3 Å². The van der Waals surface area contributed by atoms with Crippen LogP contribution in [0.5, 0.6) is 0 Å². The van der Waals surface area contributed by atoms with Gasteiger partial charge in [-0.2, -0.15) is 23.2 Å². The van der Waals surface area contributed by atoms with Gasteiger partial charge in [-0.3, -0.25) is 9.13 Å². The molecule has 0 aromatic carbocycles. The summed E-state index contributed by atoms with van der Waals surface area (Å²) in [5.74, 6) is 0.322. The van der Waals surface area contributed by atoms with E-state index in [0.29, 0.717) is 29.6 Å². The second-order valence-corrected chi connectivity index (χ2v) is 14.6. The molecule has 0 saturated heterocycles. The molecule has 0 aromatic heterocycles. The molecule has 14 heteroatoms. The lowest BCUT2D eigenvalue weighted by Crippen LogP contribution is -2.19. The van der Waals surface area contributed by atoms with Crippen LogP contribution in [0.25, 0.3) is 0 Å². The molecular formula is C18H34N2O7P2S3. The zero-order valence-corrected chi connectivity index (χ0v) is 23.9. The van der Waals surface area contributed by atoms with Gasteiger partial charge in [-0.25, -0.2) is 0 Å². The summed E-state index contributed by atoms with van der Waals surface area (Å²) < 4.78 is 49.2. The van der Waals surface area contributed by atoms with Gasteiger partial charge < -0.3 is 22.8 Å². The van der Waals surface area contributed by atoms with E-state index >= 15 is 0 Å². The lowest BCUT2D eigenvalue weighted by atomic mass is 10.1. The number of ether oxygens (including phenoxy) is 1. The highest BCUT2D eigenvalue weighted by Crippen LogP contribution is 2.58. The van der Waals surface area contributed by atoms with Gasteiger partial charge in [0.15, 0.2) is 0 Å². The molecule has 0 bridgehead atoms. The van der Waals surface area contributed by atoms with E-state index in [1.165, 1.54) is 28.4 Å². The molecule has 0 fully saturated rings. The standard InChI is InChI=1S/C12H22NO4PS2.C6H12NO3PS/c1-9(2)10(3)17-12(19)20-11(7-6-8-13)18(14,15-4)16-5;1-9-11(8,10-2)6(12)4-3-5-7/h9-11H,6-7H2,1-5H3;6,12H,3-4H2,1-2H3. The predicted octanol–water partition coefficient (Wildman–Crippen LogP) is 6.21. The van der Waals surface area contributed by atoms with Crippen molar-refractivity contribution >= 4 is 56.2 Å². The fourth-order valence-electron chi connectivity index (χ4n) is 1.88. The third kappa shape index (κ3) is 12.9. The molecular weight excluding hydrogens is 514 g/mol. The van der Waals surface area contributed by atoms with E-state index in [0.717, 1.165) is 11.8 Å². The van der Waals surface area contributed by atoms with Gasteiger partial charge in [-0.15, -0.1) is 0 Å². The van der Waals surface area contributed by atoms with Crippen molar-refractivity contribution in [1.29, 1.82) is 10.5 Å². The number of hydrogen-bond donors (Lipinski definition) is 1. The minimum absolute atomic E-state index is 0.0314. The Balaban J connectivity index is 0. The monoisotopic (exact) mass is 548 g/mol. The summed E-state index contributed by atoms with van der Waals surface area (Å²) in [7, 11) is -1.13. The maximum Gasteiger partial charge on any atom is 0.343 e. The van der Waals surface area contributed by atoms with Crippen LogP contribution in [0.2, 0.25) is 0 Å². The number of rotatable bonds is 13. The molecule has 32 heavy (non-hydrogen) atoms. The van der Waals surface area contributed by atoms with Crippen LogP contribution in [-0.2, 0) is 32.0 Å². The largest absolute Gasteiger partial charge is 0.475 e. The van der Waals surface area contributed by atoms with E-state index in [1.807, 2.05) is 32.9 Å². The summed E-state index contributed by atoms with van der Waals surface area (Å²) in [5, 5.41) is 17.0. The van der Waals surface area contributed by atoms with E-state index in [9.17, 15) is 9.13 Å². The Bertz CT molecular complexity index is 712. The van der Waals surface area contributed by atoms with Gasteiger partial charge in [0.25, 0.3) is 0 Å². The highest BCUT2D eigenvalue weighted by atomic mass is 32.2. The molecule has 0 spiro atoms. The van der Waals surface area contributed by atoms with Crippen molar-refractivity contribution in [2.45, 2.75) is 62.5 Å². The minimum atomic E-state index is -3.30. The van der Waals surface area contributed by atoms with Gasteiger partial charge in [0.1, 0.15) is 9.98 Å². The first kappa shape index (κ1) is 34.0. The fourth-order valence-corrected chi connectivity index (χ4v) is 7.42. The number of nitrogens with zero attached hydrogens (tertiary/aromatic N) is 2. The van der Waals surface area contributed by atoms with Crippen molar-refractivity contribution in [3.8, 4) is 12.1 Å². The van der Waals surface area contributed by atoms with Gasteiger partial charge >= 0.3 is 15.2 Å². The number of thiocarbonyl (C=S) groups is 1. The lowest BCUT2D eigenvalue weighted by Gasteiger charge is -2.25. The lowest BCUT2D eigenvalue weighted by molar-refractivity contribution is 0.168. The van der Waals surface area contributed by atoms with Crippen molar-refractivity contribution in [2.24, 2.45) is 5.92 Å². The predicted molar refractivity (Wildman–Crippen MR) is 135 cm³/mol. The van der Waals surface area contributed by atoms with Crippen LogP contribution < -0.4 is 0 Å². The van der Waals surface area contributed by atoms with Gasteiger partial charge in [0.05, 0.1) is 18.2 Å². The Labute approximate surface area is 207 Å². The Hall–Kier alpha value is -0.130. The first-order valence-corrected chi connectivity index (χ1v) is 14.7. The van der Waals surface area contributed by atoms with Crippen LogP contribution in [-0.4, -0.2) is 48.9 Å². The van der Waals surface area contributed by atoms with E-state index in [4.69, 9.17) is 45.6 Å². The van der Waals surface area contributed by atoms with Crippen molar-refractivity contribution in [3.05, 3.63) is 0 Å². The van der Waals surface area contributed by atoms with Crippen molar-refractivity contribution < 1.29 is 32.0 Å². The summed E-state index contributed by atoms with van der Waals surface area (Å²) in [4.78, 5) is -1.06. The maximum absolute atomic E-state index is 12.4. The van der Waals surface area contributed by atoms with E-state index in [1.54, 1.807) is 0 Å². The number of hydrogen-bond acceptors (Lipinski definition) is 12. The molecule has 0 radical (unpaired) electrons. The van der Waals surface area contributed by atoms with Crippen LogP contribution in [0.3, 0.4) is 0 Å². The Morgan fingerprint density at radius 3 is 1.75 bits per heavy atom. The summed E-state index contributed by atoms with van der Waals surface area (Å²) in [6.07, 6.45) is 1.27. The number of nitriles is 2. The molecule has 3 atom stereocenters. The second kappa shape index (κ2) is 18.2. The molecule has 0 aliphatic heterocycles. The molecule has 3 unspecified atom stereocenters. The molecule has 0 aliphatic carbocycles. The van der Waals surface area contributed by atoms with E-state index < -0.39 is 25.2 Å². The Morgan fingerprint density at radius 2 is 1.38 bits per heavy atom. The molecule has 0 amide bonds. The topological polar surface area (TPSA) is 128 Å². The molecule has 0 aromatic rings. The molecule has 0 rings (SSSR count). The first-order valence-electron chi connectivity index (χ1n) is 9.62. The Kier molecular flexibility index (Phi) is 19.4. The van der Waals surface area contributed by atoms with E-state index in [2.05, 4.69) is 12.6 Å². The molecule has 0 N–H and O–H groups in total. The van der Waals surface area contributed by atoms with Crippen LogP contribution >= 0.6 is 51.8 Å². The summed E-state index contributed by atoms with van der Waals surface area (Å²) >= 11 is 10.3. The SMILES string of the molecule is COP(=O)(OC)C(CCC#N)SC(=S)OC(C)C(C)C.COP(=O)(OC)C(S)CCC#N. The van der Waals surface area contributed by atoms with Crippen molar-refractivity contribution in [1.82, 2.24) is 0 Å². The molecule has 186 valence electrons. The third-order valence-corrected chi connectivity index (χ3v) is 11.6. The average molecular weight is 549 g/mol. The average Bonchev–Trinajstić information content (AvgIpc) is 2.79. The smallest absolute Gasteiger partial charge is 0.343 e. The van der Waals surface area contributed by atoms with Crippen molar-refractivity contribution in [3.63, 3.8) is 0 Å².